The molecule has 0 atom stereocenters. The molecule has 2 heterocycles. The molecule has 0 radical (unpaired) electrons. The highest BCUT2D eigenvalue weighted by Gasteiger charge is 2.10. The molecule has 0 saturated heterocycles. The number of hydrogen-bond donors (Lipinski definition) is 0. The van der Waals surface area contributed by atoms with Gasteiger partial charge in [0.05, 0.1) is 5.69 Å². The Labute approximate surface area is 169 Å². The van der Waals surface area contributed by atoms with Gasteiger partial charge in [0.25, 0.3) is 0 Å². The van der Waals surface area contributed by atoms with Gasteiger partial charge in [-0.3, -0.25) is 4.98 Å². The summed E-state index contributed by atoms with van der Waals surface area (Å²) in [4.78, 5) is 9.30. The Hall–Kier alpha value is -3.19. The van der Waals surface area contributed by atoms with Crippen molar-refractivity contribution >= 4 is 17.0 Å². The minimum atomic E-state index is -0.724. The van der Waals surface area contributed by atoms with E-state index in [4.69, 9.17) is 0 Å². The molecule has 0 aliphatic carbocycles. The van der Waals surface area contributed by atoms with Crippen molar-refractivity contribution < 1.29 is 13.2 Å². The second-order valence-electron chi connectivity index (χ2n) is 6.34. The average Bonchev–Trinajstić information content (AvgIpc) is 3.12. The number of aromatic nitrogens is 2. The molecule has 0 aliphatic heterocycles. The summed E-state index contributed by atoms with van der Waals surface area (Å²) in [5.41, 5.74) is 2.64. The normalized spacial score (nSPS) is 11.8. The Morgan fingerprint density at radius 2 is 1.72 bits per heavy atom. The molecule has 4 rings (SSSR count). The van der Waals surface area contributed by atoms with Gasteiger partial charge in [-0.25, -0.2) is 18.2 Å². The molecule has 0 saturated carbocycles. The fourth-order valence-corrected chi connectivity index (χ4v) is 3.88. The summed E-state index contributed by atoms with van der Waals surface area (Å²) < 4.78 is 42.6. The molecule has 2 aromatic carbocycles. The zero-order valence-corrected chi connectivity index (χ0v) is 16.0. The molecule has 2 aromatic heterocycles. The molecule has 0 N–H and O–H groups in total. The fraction of sp³-hybridized carbons (Fsp3) is 0.0909. The van der Waals surface area contributed by atoms with Crippen molar-refractivity contribution in [2.75, 3.05) is 0 Å². The number of thiazole rings is 1. The zero-order valence-electron chi connectivity index (χ0n) is 15.2. The molecular formula is C22H16F3N3S. The van der Waals surface area contributed by atoms with Crippen molar-refractivity contribution in [3.05, 3.63) is 100 Å². The number of pyridine rings is 1. The lowest BCUT2D eigenvalue weighted by molar-refractivity contribution is 0.583. The van der Waals surface area contributed by atoms with Crippen LogP contribution < -0.4 is 4.80 Å². The number of rotatable bonds is 5. The summed E-state index contributed by atoms with van der Waals surface area (Å²) in [5.74, 6) is -1.69. The van der Waals surface area contributed by atoms with Crippen molar-refractivity contribution in [1.82, 2.24) is 9.55 Å². The van der Waals surface area contributed by atoms with Gasteiger partial charge in [-0.1, -0.05) is 6.07 Å². The second kappa shape index (κ2) is 8.45. The van der Waals surface area contributed by atoms with Crippen LogP contribution in [0, 0.1) is 17.5 Å². The first kappa shape index (κ1) is 19.1. The smallest absolute Gasteiger partial charge is 0.190 e. The van der Waals surface area contributed by atoms with Crippen molar-refractivity contribution in [3.63, 3.8) is 0 Å². The van der Waals surface area contributed by atoms with E-state index in [0.29, 0.717) is 17.8 Å². The number of nitrogens with zero attached hydrogens (tertiary/aromatic N) is 3. The lowest BCUT2D eigenvalue weighted by Crippen LogP contribution is -2.17. The first-order valence-corrected chi connectivity index (χ1v) is 9.82. The van der Waals surface area contributed by atoms with Gasteiger partial charge in [0.1, 0.15) is 17.3 Å². The van der Waals surface area contributed by atoms with Gasteiger partial charge in [-0.05, 0) is 54.1 Å². The molecule has 0 amide bonds. The van der Waals surface area contributed by atoms with Crippen molar-refractivity contribution in [3.8, 4) is 11.3 Å². The second-order valence-corrected chi connectivity index (χ2v) is 7.18. The Morgan fingerprint density at radius 1 is 0.931 bits per heavy atom. The third kappa shape index (κ3) is 4.46. The van der Waals surface area contributed by atoms with Crippen LogP contribution in [0.3, 0.4) is 0 Å². The van der Waals surface area contributed by atoms with Crippen molar-refractivity contribution in [2.24, 2.45) is 4.99 Å². The largest absolute Gasteiger partial charge is 0.316 e. The van der Waals surface area contributed by atoms with Gasteiger partial charge in [0, 0.05) is 36.3 Å². The van der Waals surface area contributed by atoms with Crippen LogP contribution >= 0.6 is 11.3 Å². The highest BCUT2D eigenvalue weighted by atomic mass is 32.1. The highest BCUT2D eigenvalue weighted by Crippen LogP contribution is 2.23. The summed E-state index contributed by atoms with van der Waals surface area (Å²) in [7, 11) is 0. The standard InChI is InChI=1S/C22H16F3N3S/c23-16-6-4-15(5-7-16)21-14-29-22(27-20-9-8-17(24)13-19(20)25)28(21)12-10-18-3-1-2-11-26-18/h1-9,11,13-14H,10,12H2. The summed E-state index contributed by atoms with van der Waals surface area (Å²) in [6, 6.07) is 15.2. The Kier molecular flexibility index (Phi) is 5.57. The van der Waals surface area contributed by atoms with E-state index in [2.05, 4.69) is 9.98 Å². The predicted octanol–water partition coefficient (Wildman–Crippen LogP) is 5.50. The monoisotopic (exact) mass is 411 g/mol. The van der Waals surface area contributed by atoms with Crippen LogP contribution in [0.1, 0.15) is 5.69 Å². The lowest BCUT2D eigenvalue weighted by Gasteiger charge is -2.09. The molecule has 0 aliphatic rings. The lowest BCUT2D eigenvalue weighted by atomic mass is 10.1. The number of hydrogen-bond acceptors (Lipinski definition) is 3. The van der Waals surface area contributed by atoms with Crippen LogP contribution in [0.5, 0.6) is 0 Å². The Balaban J connectivity index is 1.78. The first-order valence-electron chi connectivity index (χ1n) is 8.94. The van der Waals surface area contributed by atoms with Crippen LogP contribution in [0.2, 0.25) is 0 Å². The first-order chi connectivity index (χ1) is 14.1. The van der Waals surface area contributed by atoms with Crippen LogP contribution in [0.15, 0.2) is 77.2 Å². The van der Waals surface area contributed by atoms with E-state index in [9.17, 15) is 13.2 Å². The third-order valence-electron chi connectivity index (χ3n) is 4.38. The molecule has 3 nitrogen and oxygen atoms in total. The summed E-state index contributed by atoms with van der Waals surface area (Å²) in [6.07, 6.45) is 2.37. The van der Waals surface area contributed by atoms with Crippen LogP contribution in [0.25, 0.3) is 11.3 Å². The zero-order chi connectivity index (χ0) is 20.2. The predicted molar refractivity (Wildman–Crippen MR) is 107 cm³/mol. The average molecular weight is 411 g/mol. The quantitative estimate of drug-likeness (QED) is 0.426. The van der Waals surface area contributed by atoms with Gasteiger partial charge in [0.15, 0.2) is 10.6 Å². The molecule has 4 aromatic rings. The molecular weight excluding hydrogens is 395 g/mol. The van der Waals surface area contributed by atoms with E-state index in [0.717, 1.165) is 23.0 Å². The molecule has 7 heteroatoms. The van der Waals surface area contributed by atoms with Gasteiger partial charge >= 0.3 is 0 Å². The van der Waals surface area contributed by atoms with E-state index in [1.54, 1.807) is 18.3 Å². The molecule has 0 fully saturated rings. The van der Waals surface area contributed by atoms with E-state index in [-0.39, 0.29) is 11.5 Å². The van der Waals surface area contributed by atoms with Gasteiger partial charge in [0.2, 0.25) is 0 Å². The van der Waals surface area contributed by atoms with E-state index in [1.165, 1.54) is 35.6 Å². The maximum atomic E-state index is 14.1. The van der Waals surface area contributed by atoms with Gasteiger partial charge in [-0.2, -0.15) is 0 Å². The minimum absolute atomic E-state index is 0.0606. The minimum Gasteiger partial charge on any atom is -0.316 e. The Bertz CT molecular complexity index is 1180. The number of aryl methyl sites for hydroxylation is 1. The maximum absolute atomic E-state index is 14.1. The summed E-state index contributed by atoms with van der Waals surface area (Å²) >= 11 is 1.34. The molecule has 29 heavy (non-hydrogen) atoms. The van der Waals surface area contributed by atoms with Crippen LogP contribution in [-0.4, -0.2) is 9.55 Å². The van der Waals surface area contributed by atoms with E-state index < -0.39 is 11.6 Å². The molecule has 0 unspecified atom stereocenters. The molecule has 0 spiro atoms. The van der Waals surface area contributed by atoms with E-state index in [1.807, 2.05) is 28.1 Å². The van der Waals surface area contributed by atoms with Gasteiger partial charge < -0.3 is 4.57 Å². The van der Waals surface area contributed by atoms with E-state index >= 15 is 0 Å². The topological polar surface area (TPSA) is 30.2 Å². The molecule has 146 valence electrons. The fourth-order valence-electron chi connectivity index (χ4n) is 2.93. The van der Waals surface area contributed by atoms with Crippen molar-refractivity contribution in [1.29, 1.82) is 0 Å². The summed E-state index contributed by atoms with van der Waals surface area (Å²) in [5, 5.41) is 1.89. The van der Waals surface area contributed by atoms with Crippen LogP contribution in [-0.2, 0) is 13.0 Å². The van der Waals surface area contributed by atoms with Gasteiger partial charge in [-0.15, -0.1) is 11.3 Å². The third-order valence-corrected chi connectivity index (χ3v) is 5.24. The maximum Gasteiger partial charge on any atom is 0.190 e. The van der Waals surface area contributed by atoms with Crippen LogP contribution in [0.4, 0.5) is 18.9 Å². The highest BCUT2D eigenvalue weighted by molar-refractivity contribution is 7.07. The number of halogens is 3. The Morgan fingerprint density at radius 3 is 2.45 bits per heavy atom. The summed E-state index contributed by atoms with van der Waals surface area (Å²) in [6.45, 7) is 0.550. The SMILES string of the molecule is Fc1ccc(-c2csc(=Nc3ccc(F)cc3F)n2CCc2ccccn2)cc1. The van der Waals surface area contributed by atoms with Crippen molar-refractivity contribution in [2.45, 2.75) is 13.0 Å². The number of benzene rings is 2. The molecule has 0 bridgehead atoms.